The van der Waals surface area contributed by atoms with Gasteiger partial charge in [0, 0.05) is 11.8 Å². The minimum absolute atomic E-state index is 0.111. The number of ketones is 1. The van der Waals surface area contributed by atoms with Gasteiger partial charge in [-0.05, 0) is 13.0 Å². The maximum absolute atomic E-state index is 11.8. The van der Waals surface area contributed by atoms with E-state index in [2.05, 4.69) is 9.72 Å². The van der Waals surface area contributed by atoms with Crippen LogP contribution in [0.3, 0.4) is 0 Å². The number of carbonyl (C=O) groups excluding carboxylic acids is 1. The summed E-state index contributed by atoms with van der Waals surface area (Å²) in [6, 6.07) is 1.35. The molecule has 0 aliphatic rings. The fourth-order valence-corrected chi connectivity index (χ4v) is 1.25. The third kappa shape index (κ3) is 4.70. The molecular weight excluding hydrogens is 259 g/mol. The summed E-state index contributed by atoms with van der Waals surface area (Å²) in [5.41, 5.74) is 0.468. The van der Waals surface area contributed by atoms with Crippen molar-refractivity contribution in [3.8, 4) is 0 Å². The van der Waals surface area contributed by atoms with Gasteiger partial charge in [-0.1, -0.05) is 11.6 Å². The predicted molar refractivity (Wildman–Crippen MR) is 55.0 cm³/mol. The first-order valence-electron chi connectivity index (χ1n) is 4.59. The molecule has 3 nitrogen and oxygen atoms in total. The van der Waals surface area contributed by atoms with Gasteiger partial charge >= 0.3 is 6.18 Å². The molecule has 0 spiro atoms. The fraction of sp³-hybridized carbons (Fsp3) is 0.400. The summed E-state index contributed by atoms with van der Waals surface area (Å²) >= 11 is 5.75. The monoisotopic (exact) mass is 267 g/mol. The molecule has 0 bridgehead atoms. The first-order chi connectivity index (χ1) is 7.79. The maximum atomic E-state index is 11.8. The van der Waals surface area contributed by atoms with E-state index in [4.69, 9.17) is 11.6 Å². The average Bonchev–Trinajstić information content (AvgIpc) is 2.18. The third-order valence-electron chi connectivity index (χ3n) is 1.83. The van der Waals surface area contributed by atoms with E-state index in [9.17, 15) is 18.0 Å². The van der Waals surface area contributed by atoms with Gasteiger partial charge in [0.25, 0.3) is 0 Å². The summed E-state index contributed by atoms with van der Waals surface area (Å²) < 4.78 is 39.8. The van der Waals surface area contributed by atoms with Gasteiger partial charge in [0.15, 0.2) is 5.78 Å². The van der Waals surface area contributed by atoms with Crippen LogP contribution in [0.4, 0.5) is 13.2 Å². The van der Waals surface area contributed by atoms with E-state index in [1.54, 1.807) is 0 Å². The number of alkyl halides is 3. The van der Waals surface area contributed by atoms with Crippen LogP contribution in [0.15, 0.2) is 12.3 Å². The highest BCUT2D eigenvalue weighted by molar-refractivity contribution is 6.31. The van der Waals surface area contributed by atoms with E-state index in [0.717, 1.165) is 0 Å². The van der Waals surface area contributed by atoms with Crippen molar-refractivity contribution in [1.82, 2.24) is 4.98 Å². The number of carbonyl (C=O) groups is 1. The highest BCUT2D eigenvalue weighted by Gasteiger charge is 2.27. The minimum atomic E-state index is -4.38. The topological polar surface area (TPSA) is 39.2 Å². The first kappa shape index (κ1) is 13.9. The smallest absolute Gasteiger partial charge is 0.366 e. The molecule has 1 aromatic rings. The second-order valence-electron chi connectivity index (χ2n) is 3.32. The van der Waals surface area contributed by atoms with Crippen LogP contribution >= 0.6 is 11.6 Å². The Morgan fingerprint density at radius 3 is 2.65 bits per heavy atom. The van der Waals surface area contributed by atoms with Crippen LogP contribution in [0.25, 0.3) is 0 Å². The average molecular weight is 268 g/mol. The quantitative estimate of drug-likeness (QED) is 0.787. The normalized spacial score (nSPS) is 11.6. The lowest BCUT2D eigenvalue weighted by atomic mass is 10.2. The number of hydrogen-bond acceptors (Lipinski definition) is 3. The molecule has 0 unspecified atom stereocenters. The van der Waals surface area contributed by atoms with Crippen LogP contribution < -0.4 is 0 Å². The zero-order valence-electron chi connectivity index (χ0n) is 8.84. The van der Waals surface area contributed by atoms with Crippen molar-refractivity contribution in [1.29, 1.82) is 0 Å². The zero-order valence-corrected chi connectivity index (χ0v) is 9.60. The van der Waals surface area contributed by atoms with Gasteiger partial charge in [0.2, 0.25) is 0 Å². The standard InChI is InChI=1S/C10H9ClF3NO2/c1-6(16)7-2-8(11)9(15-3-7)4-17-5-10(12,13)14/h2-3H,4-5H2,1H3. The largest absolute Gasteiger partial charge is 0.411 e. The highest BCUT2D eigenvalue weighted by Crippen LogP contribution is 2.19. The number of aromatic nitrogens is 1. The van der Waals surface area contributed by atoms with Crippen LogP contribution in [-0.4, -0.2) is 23.6 Å². The molecule has 94 valence electrons. The van der Waals surface area contributed by atoms with Gasteiger partial charge in [-0.2, -0.15) is 13.2 Å². The molecule has 0 N–H and O–H groups in total. The molecule has 0 aromatic carbocycles. The number of hydrogen-bond donors (Lipinski definition) is 0. The number of Topliss-reactive ketones (excluding diaryl/α,β-unsaturated/α-hetero) is 1. The molecule has 0 aliphatic carbocycles. The second kappa shape index (κ2) is 5.46. The van der Waals surface area contributed by atoms with E-state index < -0.39 is 12.8 Å². The van der Waals surface area contributed by atoms with Gasteiger partial charge in [-0.25, -0.2) is 0 Å². The summed E-state index contributed by atoms with van der Waals surface area (Å²) in [6.45, 7) is -0.372. The highest BCUT2D eigenvalue weighted by atomic mass is 35.5. The van der Waals surface area contributed by atoms with Crippen molar-refractivity contribution in [2.24, 2.45) is 0 Å². The summed E-state index contributed by atoms with van der Waals surface area (Å²) in [5.74, 6) is -0.220. The van der Waals surface area contributed by atoms with E-state index >= 15 is 0 Å². The van der Waals surface area contributed by atoms with Crippen LogP contribution in [0, 0.1) is 0 Å². The molecule has 1 aromatic heterocycles. The molecular formula is C10H9ClF3NO2. The maximum Gasteiger partial charge on any atom is 0.411 e. The molecule has 7 heteroatoms. The molecule has 0 radical (unpaired) electrons. The van der Waals surface area contributed by atoms with E-state index in [1.165, 1.54) is 19.2 Å². The van der Waals surface area contributed by atoms with Crippen molar-refractivity contribution in [2.75, 3.05) is 6.61 Å². The summed E-state index contributed by atoms with van der Waals surface area (Å²) in [5, 5.41) is 0.111. The Morgan fingerprint density at radius 1 is 1.53 bits per heavy atom. The Labute approximate surface area is 101 Å². The van der Waals surface area contributed by atoms with Crippen molar-refractivity contribution in [3.05, 3.63) is 28.5 Å². The predicted octanol–water partition coefficient (Wildman–Crippen LogP) is 3.02. The minimum Gasteiger partial charge on any atom is -0.366 e. The zero-order chi connectivity index (χ0) is 13.1. The number of nitrogens with zero attached hydrogens (tertiary/aromatic N) is 1. The van der Waals surface area contributed by atoms with Crippen LogP contribution in [0.2, 0.25) is 5.02 Å². The lowest BCUT2D eigenvalue weighted by Crippen LogP contribution is -2.17. The second-order valence-corrected chi connectivity index (χ2v) is 3.72. The number of rotatable bonds is 4. The Hall–Kier alpha value is -1.14. The van der Waals surface area contributed by atoms with Gasteiger partial charge in [-0.3, -0.25) is 9.78 Å². The Balaban J connectivity index is 2.64. The lowest BCUT2D eigenvalue weighted by Gasteiger charge is -2.08. The summed E-state index contributed by atoms with van der Waals surface area (Å²) in [7, 11) is 0. The van der Waals surface area contributed by atoms with Gasteiger partial charge in [-0.15, -0.1) is 0 Å². The van der Waals surface area contributed by atoms with Crippen LogP contribution in [0.5, 0.6) is 0 Å². The third-order valence-corrected chi connectivity index (χ3v) is 2.16. The lowest BCUT2D eigenvalue weighted by molar-refractivity contribution is -0.176. The van der Waals surface area contributed by atoms with E-state index in [1.807, 2.05) is 0 Å². The molecule has 0 saturated heterocycles. The number of ether oxygens (including phenoxy) is 1. The van der Waals surface area contributed by atoms with E-state index in [0.29, 0.717) is 5.56 Å². The number of pyridine rings is 1. The Morgan fingerprint density at radius 2 is 2.18 bits per heavy atom. The van der Waals surface area contributed by atoms with Crippen molar-refractivity contribution < 1.29 is 22.7 Å². The van der Waals surface area contributed by atoms with Gasteiger partial charge in [0.1, 0.15) is 6.61 Å². The molecule has 0 saturated carbocycles. The molecule has 0 fully saturated rings. The molecule has 0 atom stereocenters. The van der Waals surface area contributed by atoms with Crippen molar-refractivity contribution >= 4 is 17.4 Å². The van der Waals surface area contributed by atoms with E-state index in [-0.39, 0.29) is 23.1 Å². The van der Waals surface area contributed by atoms with Crippen LogP contribution in [0.1, 0.15) is 23.0 Å². The molecule has 1 rings (SSSR count). The Kier molecular flexibility index (Phi) is 4.47. The SMILES string of the molecule is CC(=O)c1cnc(COCC(F)(F)F)c(Cl)c1. The van der Waals surface area contributed by atoms with Gasteiger partial charge < -0.3 is 4.74 Å². The first-order valence-corrected chi connectivity index (χ1v) is 4.97. The Bertz CT molecular complexity index is 421. The number of halogens is 4. The van der Waals surface area contributed by atoms with Crippen LogP contribution in [-0.2, 0) is 11.3 Å². The molecule has 0 aliphatic heterocycles. The van der Waals surface area contributed by atoms with Crippen molar-refractivity contribution in [2.45, 2.75) is 19.7 Å². The molecule has 0 amide bonds. The summed E-state index contributed by atoms with van der Waals surface area (Å²) in [6.07, 6.45) is -3.13. The van der Waals surface area contributed by atoms with Gasteiger partial charge in [0.05, 0.1) is 17.3 Å². The summed E-state index contributed by atoms with van der Waals surface area (Å²) in [4.78, 5) is 14.7. The fourth-order valence-electron chi connectivity index (χ4n) is 1.03. The molecule has 1 heterocycles. The molecule has 17 heavy (non-hydrogen) atoms. The van der Waals surface area contributed by atoms with Crippen molar-refractivity contribution in [3.63, 3.8) is 0 Å².